The number of thioether (sulfide) groups is 1. The van der Waals surface area contributed by atoms with Gasteiger partial charge in [-0.05, 0) is 43.5 Å². The molecule has 2 aromatic rings. The highest BCUT2D eigenvalue weighted by molar-refractivity contribution is 7.98. The van der Waals surface area contributed by atoms with Crippen LogP contribution in [-0.4, -0.2) is 35.2 Å². The monoisotopic (exact) mass is 365 g/mol. The van der Waals surface area contributed by atoms with Gasteiger partial charge in [-0.15, -0.1) is 11.3 Å². The Bertz CT molecular complexity index is 736. The van der Waals surface area contributed by atoms with Crippen LogP contribution in [0.4, 0.5) is 5.69 Å². The van der Waals surface area contributed by atoms with Crippen molar-refractivity contribution in [2.75, 3.05) is 18.7 Å². The lowest BCUT2D eigenvalue weighted by Gasteiger charge is -2.10. The number of anilines is 1. The number of amides is 1. The number of ether oxygens (including phenoxy) is 1. The molecule has 0 aromatic carbocycles. The number of hydrogen-bond donors (Lipinski definition) is 1. The largest absolute Gasteiger partial charge is 0.465 e. The molecule has 0 bridgehead atoms. The number of aryl methyl sites for hydroxylation is 2. The third-order valence-corrected chi connectivity index (χ3v) is 4.94. The van der Waals surface area contributed by atoms with E-state index >= 15 is 0 Å². The average molecular weight is 365 g/mol. The number of esters is 1. The molecule has 2 rings (SSSR count). The fraction of sp³-hybridized carbons (Fsp3) is 0.375. The van der Waals surface area contributed by atoms with Gasteiger partial charge >= 0.3 is 5.97 Å². The predicted molar refractivity (Wildman–Crippen MR) is 95.9 cm³/mol. The van der Waals surface area contributed by atoms with Gasteiger partial charge in [0, 0.05) is 17.8 Å². The smallest absolute Gasteiger partial charge is 0.350 e. The molecule has 6 nitrogen and oxygen atoms in total. The minimum Gasteiger partial charge on any atom is -0.465 e. The second-order valence-corrected chi connectivity index (χ2v) is 6.75. The van der Waals surface area contributed by atoms with Crippen LogP contribution < -0.4 is 5.32 Å². The number of thiophene rings is 1. The van der Waals surface area contributed by atoms with Crippen molar-refractivity contribution < 1.29 is 14.3 Å². The molecule has 24 heavy (non-hydrogen) atoms. The van der Waals surface area contributed by atoms with Crippen LogP contribution in [0.25, 0.3) is 0 Å². The molecule has 0 fully saturated rings. The topological polar surface area (TPSA) is 81.2 Å². The van der Waals surface area contributed by atoms with Gasteiger partial charge in [0.25, 0.3) is 0 Å². The quantitative estimate of drug-likeness (QED) is 0.481. The summed E-state index contributed by atoms with van der Waals surface area (Å²) in [5.74, 6) is -0.612. The lowest BCUT2D eigenvalue weighted by molar-refractivity contribution is -0.116. The first-order valence-corrected chi connectivity index (χ1v) is 9.40. The lowest BCUT2D eigenvalue weighted by Crippen LogP contribution is -2.15. The van der Waals surface area contributed by atoms with Crippen LogP contribution in [0.1, 0.15) is 33.0 Å². The van der Waals surface area contributed by atoms with Gasteiger partial charge in [-0.2, -0.15) is 0 Å². The van der Waals surface area contributed by atoms with E-state index in [0.29, 0.717) is 23.4 Å². The Kier molecular flexibility index (Phi) is 6.33. The van der Waals surface area contributed by atoms with Crippen molar-refractivity contribution >= 4 is 40.7 Å². The molecule has 8 heteroatoms. The molecular weight excluding hydrogens is 346 g/mol. The van der Waals surface area contributed by atoms with Gasteiger partial charge < -0.3 is 10.1 Å². The maximum absolute atomic E-state index is 12.2. The number of nitrogens with one attached hydrogen (secondary N) is 1. The van der Waals surface area contributed by atoms with E-state index in [1.807, 2.05) is 20.1 Å². The van der Waals surface area contributed by atoms with Crippen LogP contribution in [0, 0.1) is 13.8 Å². The van der Waals surface area contributed by atoms with E-state index < -0.39 is 5.97 Å². The normalized spacial score (nSPS) is 10.5. The number of hydrogen-bond acceptors (Lipinski definition) is 7. The molecule has 0 saturated carbocycles. The lowest BCUT2D eigenvalue weighted by atomic mass is 10.1. The summed E-state index contributed by atoms with van der Waals surface area (Å²) in [5, 5.41) is 5.24. The summed E-state index contributed by atoms with van der Waals surface area (Å²) >= 11 is 2.73. The first kappa shape index (κ1) is 18.4. The molecule has 0 aliphatic heterocycles. The summed E-state index contributed by atoms with van der Waals surface area (Å²) in [6, 6.07) is 1.70. The maximum Gasteiger partial charge on any atom is 0.350 e. The predicted octanol–water partition coefficient (Wildman–Crippen LogP) is 3.23. The molecule has 1 amide bonds. The zero-order chi connectivity index (χ0) is 17.7. The maximum atomic E-state index is 12.2. The first-order chi connectivity index (χ1) is 11.5. The van der Waals surface area contributed by atoms with Crippen LogP contribution in [-0.2, 0) is 16.0 Å². The van der Waals surface area contributed by atoms with E-state index in [1.165, 1.54) is 30.2 Å². The van der Waals surface area contributed by atoms with Crippen molar-refractivity contribution in [2.24, 2.45) is 0 Å². The Labute approximate surface area is 149 Å². The minimum atomic E-state index is -0.451. The Morgan fingerprint density at radius 1 is 1.29 bits per heavy atom. The number of methoxy groups -OCH3 is 1. The van der Waals surface area contributed by atoms with E-state index in [0.717, 1.165) is 22.1 Å². The third-order valence-electron chi connectivity index (χ3n) is 3.49. The second kappa shape index (κ2) is 8.25. The van der Waals surface area contributed by atoms with Gasteiger partial charge in [0.1, 0.15) is 4.88 Å². The molecule has 0 spiro atoms. The Hall–Kier alpha value is -1.93. The highest BCUT2D eigenvalue weighted by Gasteiger charge is 2.16. The van der Waals surface area contributed by atoms with Crippen molar-refractivity contribution in [3.05, 3.63) is 33.3 Å². The zero-order valence-corrected chi connectivity index (χ0v) is 15.6. The van der Waals surface area contributed by atoms with E-state index in [2.05, 4.69) is 15.3 Å². The average Bonchev–Trinajstić information content (AvgIpc) is 3.01. The van der Waals surface area contributed by atoms with Crippen LogP contribution in [0.5, 0.6) is 0 Å². The van der Waals surface area contributed by atoms with Crippen LogP contribution in [0.2, 0.25) is 0 Å². The summed E-state index contributed by atoms with van der Waals surface area (Å²) in [4.78, 5) is 33.0. The van der Waals surface area contributed by atoms with Crippen LogP contribution in [0.15, 0.2) is 16.6 Å². The standard InChI is InChI=1S/C16H19N3O3S2/c1-9-11(10(2)18-16(17-9)23-4)5-6-13(20)19-12-7-8-24-14(12)15(21)22-3/h7-8H,5-6H2,1-4H3,(H,19,20). The van der Waals surface area contributed by atoms with Gasteiger partial charge in [0.2, 0.25) is 5.91 Å². The third kappa shape index (κ3) is 4.33. The van der Waals surface area contributed by atoms with Crippen molar-refractivity contribution in [2.45, 2.75) is 31.8 Å². The molecule has 1 N–H and O–H groups in total. The molecule has 0 radical (unpaired) electrons. The summed E-state index contributed by atoms with van der Waals surface area (Å²) < 4.78 is 4.70. The molecule has 0 atom stereocenters. The van der Waals surface area contributed by atoms with Gasteiger partial charge in [-0.3, -0.25) is 4.79 Å². The summed E-state index contributed by atoms with van der Waals surface area (Å²) in [7, 11) is 1.32. The fourth-order valence-corrected chi connectivity index (χ4v) is 3.49. The van der Waals surface area contributed by atoms with Gasteiger partial charge in [0.15, 0.2) is 5.16 Å². The van der Waals surface area contributed by atoms with E-state index in [4.69, 9.17) is 4.74 Å². The molecule has 2 heterocycles. The fourth-order valence-electron chi connectivity index (χ4n) is 2.27. The van der Waals surface area contributed by atoms with Crippen molar-refractivity contribution in [3.8, 4) is 0 Å². The number of carbonyl (C=O) groups excluding carboxylic acids is 2. The van der Waals surface area contributed by atoms with Crippen LogP contribution in [0.3, 0.4) is 0 Å². The van der Waals surface area contributed by atoms with Crippen molar-refractivity contribution in [3.63, 3.8) is 0 Å². The van der Waals surface area contributed by atoms with E-state index in [-0.39, 0.29) is 5.91 Å². The summed E-state index contributed by atoms with van der Waals surface area (Å²) in [6.07, 6.45) is 2.77. The van der Waals surface area contributed by atoms with E-state index in [9.17, 15) is 9.59 Å². The molecule has 2 aromatic heterocycles. The molecule has 0 aliphatic carbocycles. The first-order valence-electron chi connectivity index (χ1n) is 7.30. The molecule has 128 valence electrons. The van der Waals surface area contributed by atoms with Crippen molar-refractivity contribution in [1.29, 1.82) is 0 Å². The molecule has 0 unspecified atom stereocenters. The second-order valence-electron chi connectivity index (χ2n) is 5.06. The number of rotatable bonds is 6. The number of aromatic nitrogens is 2. The molecule has 0 aliphatic rings. The number of carbonyl (C=O) groups is 2. The Balaban J connectivity index is 2.02. The molecular formula is C16H19N3O3S2. The minimum absolute atomic E-state index is 0.161. The summed E-state index contributed by atoms with van der Waals surface area (Å²) in [6.45, 7) is 3.85. The molecule has 0 saturated heterocycles. The Morgan fingerprint density at radius 3 is 2.54 bits per heavy atom. The highest BCUT2D eigenvalue weighted by Crippen LogP contribution is 2.23. The van der Waals surface area contributed by atoms with Gasteiger partial charge in [-0.1, -0.05) is 11.8 Å². The van der Waals surface area contributed by atoms with E-state index in [1.54, 1.807) is 11.4 Å². The number of nitrogens with zero attached hydrogens (tertiary/aromatic N) is 2. The SMILES string of the molecule is COC(=O)c1sccc1NC(=O)CCc1c(C)nc(SC)nc1C. The zero-order valence-electron chi connectivity index (χ0n) is 14.0. The van der Waals surface area contributed by atoms with Gasteiger partial charge in [0.05, 0.1) is 12.8 Å². The van der Waals surface area contributed by atoms with Gasteiger partial charge in [-0.25, -0.2) is 14.8 Å². The Morgan fingerprint density at radius 2 is 1.96 bits per heavy atom. The highest BCUT2D eigenvalue weighted by atomic mass is 32.2. The summed E-state index contributed by atoms with van der Waals surface area (Å²) in [5.41, 5.74) is 3.26. The van der Waals surface area contributed by atoms with Crippen molar-refractivity contribution in [1.82, 2.24) is 9.97 Å². The van der Waals surface area contributed by atoms with Crippen LogP contribution >= 0.6 is 23.1 Å².